The van der Waals surface area contributed by atoms with Crippen molar-refractivity contribution in [1.82, 2.24) is 0 Å². The smallest absolute Gasteiger partial charge is 0.149 e. The number of fused-ring (bicyclic) bond motifs is 4. The molecule has 0 radical (unpaired) electrons. The SMILES string of the molecule is CC1(C)CCC(C)(C)c2cc(-c3oc4c(ccc5ccccc54)c3Br)ccc21. The maximum atomic E-state index is 6.46. The summed E-state index contributed by atoms with van der Waals surface area (Å²) in [5.41, 5.74) is 5.45. The zero-order valence-electron chi connectivity index (χ0n) is 16.9. The first-order chi connectivity index (χ1) is 13.3. The van der Waals surface area contributed by atoms with Crippen LogP contribution in [0.25, 0.3) is 33.1 Å². The van der Waals surface area contributed by atoms with E-state index in [2.05, 4.69) is 98.2 Å². The zero-order valence-corrected chi connectivity index (χ0v) is 18.5. The Bertz CT molecular complexity index is 1230. The molecule has 5 rings (SSSR count). The van der Waals surface area contributed by atoms with Crippen molar-refractivity contribution >= 4 is 37.7 Å². The molecule has 0 bridgehead atoms. The molecule has 0 aliphatic heterocycles. The molecule has 28 heavy (non-hydrogen) atoms. The Morgan fingerprint density at radius 3 is 2.29 bits per heavy atom. The van der Waals surface area contributed by atoms with Gasteiger partial charge in [0.15, 0.2) is 0 Å². The van der Waals surface area contributed by atoms with E-state index in [1.165, 1.54) is 29.4 Å². The van der Waals surface area contributed by atoms with Crippen LogP contribution in [0, 0.1) is 0 Å². The Labute approximate surface area is 174 Å². The highest BCUT2D eigenvalue weighted by molar-refractivity contribution is 9.10. The molecular weight excluding hydrogens is 408 g/mol. The number of rotatable bonds is 1. The third kappa shape index (κ3) is 2.58. The number of benzene rings is 3. The van der Waals surface area contributed by atoms with Gasteiger partial charge in [-0.05, 0) is 68.2 Å². The highest BCUT2D eigenvalue weighted by atomic mass is 79.9. The molecule has 0 saturated heterocycles. The van der Waals surface area contributed by atoms with Gasteiger partial charge in [0.2, 0.25) is 0 Å². The summed E-state index contributed by atoms with van der Waals surface area (Å²) in [6.07, 6.45) is 2.44. The minimum Gasteiger partial charge on any atom is -0.454 e. The Kier molecular flexibility index (Phi) is 3.84. The maximum absolute atomic E-state index is 6.46. The molecule has 0 N–H and O–H groups in total. The van der Waals surface area contributed by atoms with E-state index in [4.69, 9.17) is 4.42 Å². The Balaban J connectivity index is 1.75. The van der Waals surface area contributed by atoms with Crippen molar-refractivity contribution in [3.05, 3.63) is 70.2 Å². The van der Waals surface area contributed by atoms with E-state index in [1.54, 1.807) is 0 Å². The van der Waals surface area contributed by atoms with E-state index in [9.17, 15) is 0 Å². The van der Waals surface area contributed by atoms with Gasteiger partial charge in [-0.15, -0.1) is 0 Å². The molecule has 142 valence electrons. The molecule has 0 fully saturated rings. The van der Waals surface area contributed by atoms with Gasteiger partial charge in [0.1, 0.15) is 11.3 Å². The first-order valence-electron chi connectivity index (χ1n) is 10.0. The largest absolute Gasteiger partial charge is 0.454 e. The summed E-state index contributed by atoms with van der Waals surface area (Å²) in [5, 5.41) is 3.49. The molecule has 0 atom stereocenters. The monoisotopic (exact) mass is 432 g/mol. The van der Waals surface area contributed by atoms with E-state index in [0.29, 0.717) is 0 Å². The van der Waals surface area contributed by atoms with Gasteiger partial charge in [0.25, 0.3) is 0 Å². The number of hydrogen-bond donors (Lipinski definition) is 0. The molecule has 1 aliphatic carbocycles. The Morgan fingerprint density at radius 2 is 1.50 bits per heavy atom. The van der Waals surface area contributed by atoms with Crippen molar-refractivity contribution < 1.29 is 4.42 Å². The van der Waals surface area contributed by atoms with E-state index in [1.807, 2.05) is 0 Å². The summed E-state index contributed by atoms with van der Waals surface area (Å²) in [6.45, 7) is 9.46. The van der Waals surface area contributed by atoms with E-state index in [0.717, 1.165) is 32.2 Å². The van der Waals surface area contributed by atoms with Gasteiger partial charge in [-0.1, -0.05) is 70.2 Å². The van der Waals surface area contributed by atoms with Crippen molar-refractivity contribution in [2.24, 2.45) is 0 Å². The van der Waals surface area contributed by atoms with Crippen LogP contribution >= 0.6 is 15.9 Å². The molecule has 1 aromatic heterocycles. The summed E-state index contributed by atoms with van der Waals surface area (Å²) in [6, 6.07) is 19.6. The van der Waals surface area contributed by atoms with Crippen LogP contribution in [0.4, 0.5) is 0 Å². The summed E-state index contributed by atoms with van der Waals surface area (Å²) in [4.78, 5) is 0. The molecule has 0 saturated carbocycles. The van der Waals surface area contributed by atoms with Crippen molar-refractivity contribution in [2.75, 3.05) is 0 Å². The van der Waals surface area contributed by atoms with Gasteiger partial charge in [-0.3, -0.25) is 0 Å². The normalized spacial score (nSPS) is 17.8. The van der Waals surface area contributed by atoms with Gasteiger partial charge in [0, 0.05) is 16.3 Å². The molecule has 0 spiro atoms. The van der Waals surface area contributed by atoms with Gasteiger partial charge in [-0.2, -0.15) is 0 Å². The van der Waals surface area contributed by atoms with E-state index >= 15 is 0 Å². The fourth-order valence-corrected chi connectivity index (χ4v) is 5.33. The van der Waals surface area contributed by atoms with Crippen LogP contribution in [0.3, 0.4) is 0 Å². The van der Waals surface area contributed by atoms with Crippen molar-refractivity contribution in [2.45, 2.75) is 51.4 Å². The molecule has 0 unspecified atom stereocenters. The Morgan fingerprint density at radius 1 is 0.786 bits per heavy atom. The van der Waals surface area contributed by atoms with Crippen molar-refractivity contribution in [1.29, 1.82) is 0 Å². The van der Waals surface area contributed by atoms with Crippen molar-refractivity contribution in [3.8, 4) is 11.3 Å². The highest BCUT2D eigenvalue weighted by Crippen LogP contribution is 2.48. The van der Waals surface area contributed by atoms with Crippen LogP contribution in [0.5, 0.6) is 0 Å². The van der Waals surface area contributed by atoms with E-state index < -0.39 is 0 Å². The van der Waals surface area contributed by atoms with Crippen LogP contribution in [0.15, 0.2) is 63.5 Å². The van der Waals surface area contributed by atoms with Gasteiger partial charge in [0.05, 0.1) is 4.47 Å². The summed E-state index contributed by atoms with van der Waals surface area (Å²) in [7, 11) is 0. The lowest BCUT2D eigenvalue weighted by Crippen LogP contribution is -2.33. The highest BCUT2D eigenvalue weighted by Gasteiger charge is 2.37. The summed E-state index contributed by atoms with van der Waals surface area (Å²) >= 11 is 3.83. The van der Waals surface area contributed by atoms with Crippen LogP contribution in [-0.2, 0) is 10.8 Å². The first-order valence-corrected chi connectivity index (χ1v) is 10.8. The molecule has 0 amide bonds. The average molecular weight is 433 g/mol. The second-order valence-electron chi connectivity index (χ2n) is 9.44. The lowest BCUT2D eigenvalue weighted by molar-refractivity contribution is 0.332. The fraction of sp³-hybridized carbons (Fsp3) is 0.308. The number of hydrogen-bond acceptors (Lipinski definition) is 1. The predicted octanol–water partition coefficient (Wildman–Crippen LogP) is 8.36. The quantitative estimate of drug-likeness (QED) is 0.294. The average Bonchev–Trinajstić information content (AvgIpc) is 3.02. The molecular formula is C26H25BrO. The van der Waals surface area contributed by atoms with Crippen LogP contribution in [0.2, 0.25) is 0 Å². The standard InChI is InChI=1S/C26H25BrO/c1-25(2)13-14-26(3,4)21-15-17(10-12-20(21)25)23-22(27)19-11-9-16-7-5-6-8-18(16)24(19)28-23/h5-12,15H,13-14H2,1-4H3. The summed E-state index contributed by atoms with van der Waals surface area (Å²) in [5.74, 6) is 0.924. The molecule has 1 nitrogen and oxygen atoms in total. The predicted molar refractivity (Wildman–Crippen MR) is 122 cm³/mol. The summed E-state index contributed by atoms with van der Waals surface area (Å²) < 4.78 is 7.51. The number of halogens is 1. The number of furan rings is 1. The Hall–Kier alpha value is -2.06. The second-order valence-corrected chi connectivity index (χ2v) is 10.2. The zero-order chi connectivity index (χ0) is 19.7. The molecule has 2 heteroatoms. The maximum Gasteiger partial charge on any atom is 0.149 e. The minimum absolute atomic E-state index is 0.187. The fourth-order valence-electron chi connectivity index (χ4n) is 4.71. The van der Waals surface area contributed by atoms with Gasteiger partial charge >= 0.3 is 0 Å². The van der Waals surface area contributed by atoms with Gasteiger partial charge < -0.3 is 4.42 Å². The van der Waals surface area contributed by atoms with Gasteiger partial charge in [-0.25, -0.2) is 0 Å². The molecule has 1 aliphatic rings. The topological polar surface area (TPSA) is 13.1 Å². The molecule has 3 aromatic carbocycles. The minimum atomic E-state index is 0.187. The third-order valence-corrected chi connectivity index (χ3v) is 7.42. The first kappa shape index (κ1) is 18.0. The molecule has 1 heterocycles. The molecule has 4 aromatic rings. The van der Waals surface area contributed by atoms with Crippen LogP contribution in [-0.4, -0.2) is 0 Å². The third-order valence-electron chi connectivity index (χ3n) is 6.63. The lowest BCUT2D eigenvalue weighted by Gasteiger charge is -2.42. The van der Waals surface area contributed by atoms with Crippen molar-refractivity contribution in [3.63, 3.8) is 0 Å². The second kappa shape index (κ2) is 5.97. The van der Waals surface area contributed by atoms with Crippen LogP contribution in [0.1, 0.15) is 51.7 Å². The van der Waals surface area contributed by atoms with E-state index in [-0.39, 0.29) is 10.8 Å². The van der Waals surface area contributed by atoms with Crippen LogP contribution < -0.4 is 0 Å². The lowest BCUT2D eigenvalue weighted by atomic mass is 9.63.